The van der Waals surface area contributed by atoms with Crippen LogP contribution in [0.15, 0.2) is 29.6 Å². The molecule has 0 saturated heterocycles. The molecule has 5 nitrogen and oxygen atoms in total. The minimum absolute atomic E-state index is 0. The average molecular weight is 325 g/mol. The average Bonchev–Trinajstić information content (AvgIpc) is 2.84. The van der Waals surface area contributed by atoms with Gasteiger partial charge in [-0.05, 0) is 19.1 Å². The van der Waals surface area contributed by atoms with Gasteiger partial charge in [0.15, 0.2) is 5.13 Å². The van der Waals surface area contributed by atoms with E-state index in [0.717, 1.165) is 30.2 Å². The van der Waals surface area contributed by atoms with Crippen LogP contribution < -0.4 is 15.5 Å². The number of fused-ring (bicyclic) bond motifs is 1. The van der Waals surface area contributed by atoms with Crippen LogP contribution in [0.5, 0.6) is 0 Å². The number of thiazole rings is 1. The number of benzene rings is 1. The summed E-state index contributed by atoms with van der Waals surface area (Å²) < 4.78 is 0. The van der Waals surface area contributed by atoms with Crippen LogP contribution in [0.4, 0.5) is 16.5 Å². The first-order valence-corrected chi connectivity index (χ1v) is 7.40. The number of halogens is 1. The van der Waals surface area contributed by atoms with Crippen molar-refractivity contribution in [1.82, 2.24) is 4.98 Å². The monoisotopic (exact) mass is 324 g/mol. The lowest BCUT2D eigenvalue weighted by Crippen LogP contribution is -2.39. The molecule has 1 aliphatic heterocycles. The molecule has 1 aromatic heterocycles. The molecule has 0 bridgehead atoms. The second-order valence-electron chi connectivity index (χ2n) is 4.71. The van der Waals surface area contributed by atoms with Crippen molar-refractivity contribution >= 4 is 46.2 Å². The molecule has 7 heteroatoms. The van der Waals surface area contributed by atoms with Gasteiger partial charge in [-0.1, -0.05) is 12.1 Å². The maximum Gasteiger partial charge on any atom is 0.245 e. The Balaban J connectivity index is 0.00000161. The van der Waals surface area contributed by atoms with E-state index in [1.807, 2.05) is 36.6 Å². The number of carbonyl (C=O) groups excluding carboxylic acids is 1. The summed E-state index contributed by atoms with van der Waals surface area (Å²) in [4.78, 5) is 18.4. The molecule has 0 aliphatic carbocycles. The number of aryl methyl sites for hydroxylation is 1. The number of anilines is 3. The Morgan fingerprint density at radius 3 is 3.05 bits per heavy atom. The van der Waals surface area contributed by atoms with E-state index < -0.39 is 0 Å². The summed E-state index contributed by atoms with van der Waals surface area (Å²) in [5.41, 5.74) is 3.08. The molecular formula is C14H17ClN4OS. The van der Waals surface area contributed by atoms with Crippen LogP contribution in [-0.4, -0.2) is 30.5 Å². The van der Waals surface area contributed by atoms with Crippen LogP contribution in [0, 0.1) is 6.92 Å². The van der Waals surface area contributed by atoms with Crippen molar-refractivity contribution in [2.45, 2.75) is 6.92 Å². The van der Waals surface area contributed by atoms with Crippen molar-refractivity contribution in [3.05, 3.63) is 35.3 Å². The van der Waals surface area contributed by atoms with Crippen molar-refractivity contribution in [1.29, 1.82) is 0 Å². The molecule has 112 valence electrons. The van der Waals surface area contributed by atoms with E-state index in [-0.39, 0.29) is 18.3 Å². The summed E-state index contributed by atoms with van der Waals surface area (Å²) >= 11 is 1.45. The Hall–Kier alpha value is -1.79. The van der Waals surface area contributed by atoms with Crippen LogP contribution in [0.25, 0.3) is 0 Å². The Labute approximate surface area is 133 Å². The molecule has 0 atom stereocenters. The molecule has 0 radical (unpaired) electrons. The first-order chi connectivity index (χ1) is 9.72. The lowest BCUT2D eigenvalue weighted by molar-refractivity contribution is -0.115. The Morgan fingerprint density at radius 2 is 2.29 bits per heavy atom. The largest absolute Gasteiger partial charge is 0.382 e. The number of nitrogens with zero attached hydrogens (tertiary/aromatic N) is 2. The number of hydrogen-bond donors (Lipinski definition) is 2. The van der Waals surface area contributed by atoms with Gasteiger partial charge in [0.05, 0.1) is 23.6 Å². The van der Waals surface area contributed by atoms with Gasteiger partial charge < -0.3 is 15.5 Å². The third-order valence-corrected chi connectivity index (χ3v) is 4.02. The summed E-state index contributed by atoms with van der Waals surface area (Å²) in [6.07, 6.45) is 0. The molecular weight excluding hydrogens is 308 g/mol. The van der Waals surface area contributed by atoms with Gasteiger partial charge in [0.1, 0.15) is 0 Å². The highest BCUT2D eigenvalue weighted by Crippen LogP contribution is 2.28. The predicted octanol–water partition coefficient (Wildman–Crippen LogP) is 2.74. The minimum atomic E-state index is -0.0314. The van der Waals surface area contributed by atoms with Crippen molar-refractivity contribution in [3.8, 4) is 0 Å². The van der Waals surface area contributed by atoms with E-state index >= 15 is 0 Å². The van der Waals surface area contributed by atoms with E-state index in [0.29, 0.717) is 11.7 Å². The number of nitrogens with one attached hydrogen (secondary N) is 2. The zero-order chi connectivity index (χ0) is 13.9. The number of para-hydroxylation sites is 2. The maximum absolute atomic E-state index is 12.1. The van der Waals surface area contributed by atoms with Crippen molar-refractivity contribution in [3.63, 3.8) is 0 Å². The standard InChI is InChI=1S/C14H16N4OS.ClH/c1-10-9-20-14(16-10)17-13(19)8-18-7-6-15-11-4-2-3-5-12(11)18;/h2-5,9,15H,6-8H2,1H3,(H,16,17,19);1H. The Kier molecular flexibility index (Phi) is 5.03. The molecule has 2 aromatic rings. The van der Waals surface area contributed by atoms with Gasteiger partial charge in [0.25, 0.3) is 0 Å². The molecule has 3 rings (SSSR count). The zero-order valence-corrected chi connectivity index (χ0v) is 13.3. The smallest absolute Gasteiger partial charge is 0.245 e. The minimum Gasteiger partial charge on any atom is -0.382 e. The van der Waals surface area contributed by atoms with E-state index in [9.17, 15) is 4.79 Å². The number of carbonyl (C=O) groups is 1. The molecule has 0 unspecified atom stereocenters. The van der Waals surface area contributed by atoms with E-state index in [2.05, 4.69) is 20.5 Å². The van der Waals surface area contributed by atoms with Gasteiger partial charge in [-0.2, -0.15) is 0 Å². The second-order valence-corrected chi connectivity index (χ2v) is 5.57. The lowest BCUT2D eigenvalue weighted by Gasteiger charge is -2.31. The molecule has 2 heterocycles. The zero-order valence-electron chi connectivity index (χ0n) is 11.6. The number of amides is 1. The highest BCUT2D eigenvalue weighted by atomic mass is 35.5. The van der Waals surface area contributed by atoms with Crippen molar-refractivity contribution in [2.75, 3.05) is 35.2 Å². The molecule has 1 aliphatic rings. The van der Waals surface area contributed by atoms with Crippen LogP contribution in [0.2, 0.25) is 0 Å². The summed E-state index contributed by atoms with van der Waals surface area (Å²) in [6.45, 7) is 3.93. The molecule has 1 amide bonds. The first kappa shape index (κ1) is 15.6. The quantitative estimate of drug-likeness (QED) is 0.911. The maximum atomic E-state index is 12.1. The van der Waals surface area contributed by atoms with Gasteiger partial charge in [0, 0.05) is 18.5 Å². The van der Waals surface area contributed by atoms with Crippen molar-refractivity contribution < 1.29 is 4.79 Å². The fourth-order valence-corrected chi connectivity index (χ4v) is 2.96. The predicted molar refractivity (Wildman–Crippen MR) is 89.9 cm³/mol. The van der Waals surface area contributed by atoms with Crippen LogP contribution in [0.1, 0.15) is 5.69 Å². The number of hydrogen-bond acceptors (Lipinski definition) is 5. The normalized spacial score (nSPS) is 12.9. The van der Waals surface area contributed by atoms with Crippen LogP contribution in [-0.2, 0) is 4.79 Å². The molecule has 0 saturated carbocycles. The third-order valence-electron chi connectivity index (χ3n) is 3.14. The molecule has 1 aromatic carbocycles. The fourth-order valence-electron chi connectivity index (χ4n) is 2.25. The molecule has 21 heavy (non-hydrogen) atoms. The Bertz CT molecular complexity index is 631. The SMILES string of the molecule is Cc1csc(NC(=O)CN2CCNc3ccccc32)n1.Cl. The fraction of sp³-hybridized carbons (Fsp3) is 0.286. The molecule has 2 N–H and O–H groups in total. The van der Waals surface area contributed by atoms with Gasteiger partial charge in [-0.15, -0.1) is 23.7 Å². The van der Waals surface area contributed by atoms with Gasteiger partial charge in [-0.25, -0.2) is 4.98 Å². The van der Waals surface area contributed by atoms with Gasteiger partial charge in [0.2, 0.25) is 5.91 Å². The summed E-state index contributed by atoms with van der Waals surface area (Å²) in [5, 5.41) is 8.77. The lowest BCUT2D eigenvalue weighted by atomic mass is 10.2. The van der Waals surface area contributed by atoms with Crippen LogP contribution in [0.3, 0.4) is 0 Å². The number of aromatic nitrogens is 1. The van der Waals surface area contributed by atoms with Crippen molar-refractivity contribution in [2.24, 2.45) is 0 Å². The van der Waals surface area contributed by atoms with Gasteiger partial charge in [-0.3, -0.25) is 4.79 Å². The Morgan fingerprint density at radius 1 is 1.48 bits per heavy atom. The highest BCUT2D eigenvalue weighted by Gasteiger charge is 2.18. The van der Waals surface area contributed by atoms with Crippen LogP contribution >= 0.6 is 23.7 Å². The molecule has 0 fully saturated rings. The number of rotatable bonds is 3. The summed E-state index contributed by atoms with van der Waals surface area (Å²) in [7, 11) is 0. The van der Waals surface area contributed by atoms with E-state index in [1.54, 1.807) is 0 Å². The third kappa shape index (κ3) is 3.65. The summed E-state index contributed by atoms with van der Waals surface area (Å²) in [5.74, 6) is -0.0314. The summed E-state index contributed by atoms with van der Waals surface area (Å²) in [6, 6.07) is 8.04. The molecule has 0 spiro atoms. The van der Waals surface area contributed by atoms with E-state index in [4.69, 9.17) is 0 Å². The second kappa shape index (κ2) is 6.78. The van der Waals surface area contributed by atoms with Gasteiger partial charge >= 0.3 is 0 Å². The highest BCUT2D eigenvalue weighted by molar-refractivity contribution is 7.13. The topological polar surface area (TPSA) is 57.3 Å². The first-order valence-electron chi connectivity index (χ1n) is 6.52. The van der Waals surface area contributed by atoms with E-state index in [1.165, 1.54) is 11.3 Å².